The van der Waals surface area contributed by atoms with E-state index in [0.717, 1.165) is 21.2 Å². The second kappa shape index (κ2) is 8.42. The highest BCUT2D eigenvalue weighted by Crippen LogP contribution is 2.33. The molecule has 4 rings (SSSR count). The van der Waals surface area contributed by atoms with Crippen molar-refractivity contribution in [2.75, 3.05) is 12.3 Å². The van der Waals surface area contributed by atoms with Crippen LogP contribution in [0.5, 0.6) is 0 Å². The number of sulfone groups is 1. The lowest BCUT2D eigenvalue weighted by atomic mass is 9.98. The van der Waals surface area contributed by atoms with Crippen molar-refractivity contribution in [2.24, 2.45) is 0 Å². The van der Waals surface area contributed by atoms with Gasteiger partial charge in [0.1, 0.15) is 0 Å². The van der Waals surface area contributed by atoms with Crippen LogP contribution >= 0.6 is 11.3 Å². The van der Waals surface area contributed by atoms with Crippen LogP contribution in [0.3, 0.4) is 0 Å². The maximum absolute atomic E-state index is 12.8. The number of hydrogen-bond donors (Lipinski definition) is 1. The number of hydrogen-bond acceptors (Lipinski definition) is 4. The molecule has 1 amide bonds. The molecule has 0 aliphatic carbocycles. The summed E-state index contributed by atoms with van der Waals surface area (Å²) in [6, 6.07) is 22.3. The third kappa shape index (κ3) is 4.30. The molecule has 30 heavy (non-hydrogen) atoms. The Morgan fingerprint density at radius 2 is 1.70 bits per heavy atom. The number of thiophene rings is 1. The molecule has 1 aromatic heterocycles. The van der Waals surface area contributed by atoms with E-state index in [0.29, 0.717) is 5.56 Å². The van der Waals surface area contributed by atoms with Crippen LogP contribution in [-0.2, 0) is 9.84 Å². The Labute approximate surface area is 180 Å². The first-order valence-electron chi connectivity index (χ1n) is 9.58. The molecule has 6 heteroatoms. The summed E-state index contributed by atoms with van der Waals surface area (Å²) in [5, 5.41) is 5.87. The maximum atomic E-state index is 12.8. The van der Waals surface area contributed by atoms with Gasteiger partial charge >= 0.3 is 0 Å². The Hall–Kier alpha value is -2.96. The van der Waals surface area contributed by atoms with E-state index < -0.39 is 9.84 Å². The van der Waals surface area contributed by atoms with Gasteiger partial charge in [-0.25, -0.2) is 8.42 Å². The van der Waals surface area contributed by atoms with Gasteiger partial charge in [-0.1, -0.05) is 48.0 Å². The van der Waals surface area contributed by atoms with Gasteiger partial charge in [-0.15, -0.1) is 11.3 Å². The molecular formula is C24H21NO3S2. The molecule has 0 saturated heterocycles. The highest BCUT2D eigenvalue weighted by Gasteiger charge is 2.16. The lowest BCUT2D eigenvalue weighted by molar-refractivity contribution is 0.0956. The average molecular weight is 436 g/mol. The Bertz CT molecular complexity index is 1290. The third-order valence-corrected chi connectivity index (χ3v) is 7.55. The molecule has 0 atom stereocenters. The summed E-state index contributed by atoms with van der Waals surface area (Å²) in [5.74, 6) is -0.420. The van der Waals surface area contributed by atoms with E-state index >= 15 is 0 Å². The zero-order chi connectivity index (χ0) is 21.1. The fraction of sp³-hybridized carbons (Fsp3) is 0.125. The SMILES string of the molecule is Cc1ccc(-c2cc(C(=O)NCCS(=O)(=O)c3ccccc3)cc3sccc23)cc1. The van der Waals surface area contributed by atoms with Crippen LogP contribution in [0, 0.1) is 6.92 Å². The number of rotatable bonds is 6. The van der Waals surface area contributed by atoms with Crippen molar-refractivity contribution in [3.05, 3.63) is 89.3 Å². The second-order valence-corrected chi connectivity index (χ2v) is 10.2. The Balaban J connectivity index is 1.54. The van der Waals surface area contributed by atoms with Gasteiger partial charge in [0.05, 0.1) is 10.6 Å². The van der Waals surface area contributed by atoms with Crippen LogP contribution in [0.2, 0.25) is 0 Å². The van der Waals surface area contributed by atoms with Gasteiger partial charge in [-0.2, -0.15) is 0 Å². The Kier molecular flexibility index (Phi) is 5.70. The van der Waals surface area contributed by atoms with Gasteiger partial charge < -0.3 is 5.32 Å². The summed E-state index contributed by atoms with van der Waals surface area (Å²) in [4.78, 5) is 13.0. The highest BCUT2D eigenvalue weighted by atomic mass is 32.2. The van der Waals surface area contributed by atoms with Crippen LogP contribution in [0.15, 0.2) is 83.1 Å². The summed E-state index contributed by atoms with van der Waals surface area (Å²) < 4.78 is 25.8. The highest BCUT2D eigenvalue weighted by molar-refractivity contribution is 7.91. The van der Waals surface area contributed by atoms with Crippen LogP contribution in [0.1, 0.15) is 15.9 Å². The first kappa shape index (κ1) is 20.3. The van der Waals surface area contributed by atoms with Crippen LogP contribution < -0.4 is 5.32 Å². The molecule has 0 spiro atoms. The zero-order valence-corrected chi connectivity index (χ0v) is 18.1. The standard InChI is InChI=1S/C24H21NO3S2/c1-17-7-9-18(10-8-17)22-15-19(16-23-21(22)11-13-29-23)24(26)25-12-14-30(27,28)20-5-3-2-4-6-20/h2-11,13,15-16H,12,14H2,1H3,(H,25,26). The van der Waals surface area contributed by atoms with Crippen LogP contribution in [0.4, 0.5) is 0 Å². The summed E-state index contributed by atoms with van der Waals surface area (Å²) in [5.41, 5.74) is 3.74. The quantitative estimate of drug-likeness (QED) is 0.459. The van der Waals surface area contributed by atoms with Crippen molar-refractivity contribution in [1.29, 1.82) is 0 Å². The monoisotopic (exact) mass is 435 g/mol. The maximum Gasteiger partial charge on any atom is 0.251 e. The van der Waals surface area contributed by atoms with Crippen molar-refractivity contribution >= 4 is 37.2 Å². The van der Waals surface area contributed by atoms with E-state index in [9.17, 15) is 13.2 Å². The van der Waals surface area contributed by atoms with Crippen LogP contribution in [0.25, 0.3) is 21.2 Å². The number of carbonyl (C=O) groups excluding carboxylic acids is 1. The van der Waals surface area contributed by atoms with Gasteiger partial charge in [0.2, 0.25) is 0 Å². The summed E-state index contributed by atoms with van der Waals surface area (Å²) in [6.45, 7) is 2.09. The first-order valence-corrected chi connectivity index (χ1v) is 12.1. The van der Waals surface area contributed by atoms with E-state index in [1.54, 1.807) is 41.7 Å². The lowest BCUT2D eigenvalue weighted by Gasteiger charge is -2.10. The van der Waals surface area contributed by atoms with Gasteiger partial charge in [-0.3, -0.25) is 4.79 Å². The molecule has 0 saturated carbocycles. The first-order chi connectivity index (χ1) is 14.4. The summed E-state index contributed by atoms with van der Waals surface area (Å²) in [6.07, 6.45) is 0. The Morgan fingerprint density at radius 3 is 2.43 bits per heavy atom. The minimum absolute atomic E-state index is 0.0540. The van der Waals surface area contributed by atoms with Gasteiger partial charge in [0.15, 0.2) is 9.84 Å². The Morgan fingerprint density at radius 1 is 0.967 bits per heavy atom. The van der Waals surface area contributed by atoms with Crippen molar-refractivity contribution in [3.63, 3.8) is 0 Å². The van der Waals surface area contributed by atoms with Crippen molar-refractivity contribution < 1.29 is 13.2 Å². The smallest absolute Gasteiger partial charge is 0.251 e. The van der Waals surface area contributed by atoms with Crippen molar-refractivity contribution in [2.45, 2.75) is 11.8 Å². The molecule has 4 nitrogen and oxygen atoms in total. The largest absolute Gasteiger partial charge is 0.351 e. The van der Waals surface area contributed by atoms with Crippen molar-refractivity contribution in [3.8, 4) is 11.1 Å². The number of fused-ring (bicyclic) bond motifs is 1. The molecule has 0 bridgehead atoms. The average Bonchev–Trinajstić information content (AvgIpc) is 3.23. The number of amides is 1. The molecular weight excluding hydrogens is 414 g/mol. The molecule has 0 radical (unpaired) electrons. The normalized spacial score (nSPS) is 11.5. The number of carbonyl (C=O) groups is 1. The second-order valence-electron chi connectivity index (χ2n) is 7.11. The number of aryl methyl sites for hydroxylation is 1. The molecule has 0 aliphatic rings. The predicted molar refractivity (Wildman–Crippen MR) is 123 cm³/mol. The topological polar surface area (TPSA) is 63.2 Å². The van der Waals surface area contributed by atoms with Gasteiger partial charge in [0, 0.05) is 22.2 Å². The number of benzene rings is 3. The molecule has 1 N–H and O–H groups in total. The molecule has 152 valence electrons. The molecule has 0 aliphatic heterocycles. The fourth-order valence-corrected chi connectivity index (χ4v) is 5.35. The van der Waals surface area contributed by atoms with E-state index in [4.69, 9.17) is 0 Å². The molecule has 0 unspecified atom stereocenters. The van der Waals surface area contributed by atoms with Gasteiger partial charge in [0.25, 0.3) is 5.91 Å². The van der Waals surface area contributed by atoms with Crippen LogP contribution in [-0.4, -0.2) is 26.6 Å². The van der Waals surface area contributed by atoms with Gasteiger partial charge in [-0.05, 0) is 53.8 Å². The molecule has 4 aromatic rings. The summed E-state index contributed by atoms with van der Waals surface area (Å²) in [7, 11) is -3.43. The minimum atomic E-state index is -3.43. The van der Waals surface area contributed by atoms with E-state index in [-0.39, 0.29) is 23.1 Å². The lowest BCUT2D eigenvalue weighted by Crippen LogP contribution is -2.29. The number of nitrogens with one attached hydrogen (secondary N) is 1. The van der Waals surface area contributed by atoms with E-state index in [2.05, 4.69) is 35.6 Å². The molecule has 0 fully saturated rings. The molecule has 1 heterocycles. The van der Waals surface area contributed by atoms with E-state index in [1.807, 2.05) is 24.4 Å². The zero-order valence-electron chi connectivity index (χ0n) is 16.5. The summed E-state index contributed by atoms with van der Waals surface area (Å²) >= 11 is 1.58. The third-order valence-electron chi connectivity index (χ3n) is 4.96. The predicted octanol–water partition coefficient (Wildman–Crippen LogP) is 5.08. The molecule has 3 aromatic carbocycles. The minimum Gasteiger partial charge on any atom is -0.351 e. The van der Waals surface area contributed by atoms with E-state index in [1.165, 1.54) is 5.56 Å². The fourth-order valence-electron chi connectivity index (χ4n) is 3.32. The van der Waals surface area contributed by atoms with Crippen molar-refractivity contribution in [1.82, 2.24) is 5.32 Å².